The largest absolute Gasteiger partial charge is 0.389 e. The molecule has 1 N–H and O–H groups in total. The molecule has 9 rings (SSSR count). The molecule has 0 aromatic heterocycles. The van der Waals surface area contributed by atoms with Gasteiger partial charge in [-0.2, -0.15) is 0 Å². The molecular weight excluding hydrogens is 558 g/mol. The first-order chi connectivity index (χ1) is 21.8. The van der Waals surface area contributed by atoms with Crippen molar-refractivity contribution in [2.45, 2.75) is 122 Å². The number of piperidine rings is 1. The topological polar surface area (TPSA) is 51.2 Å². The van der Waals surface area contributed by atoms with Crippen LogP contribution in [0.2, 0.25) is 0 Å². The van der Waals surface area contributed by atoms with E-state index in [1.807, 2.05) is 6.07 Å². The van der Waals surface area contributed by atoms with Crippen LogP contribution in [0.15, 0.2) is 42.0 Å². The van der Waals surface area contributed by atoms with Gasteiger partial charge in [-0.3, -0.25) is 4.90 Å². The summed E-state index contributed by atoms with van der Waals surface area (Å²) in [5.41, 5.74) is 4.72. The second kappa shape index (κ2) is 10.4. The predicted molar refractivity (Wildman–Crippen MR) is 175 cm³/mol. The number of likely N-dealkylation sites (tertiary alicyclic amines) is 1. The Hall–Kier alpha value is -1.24. The lowest BCUT2D eigenvalue weighted by molar-refractivity contribution is -0.214. The van der Waals surface area contributed by atoms with Crippen molar-refractivity contribution < 1.29 is 19.3 Å². The Labute approximate surface area is 271 Å². The summed E-state index contributed by atoms with van der Waals surface area (Å²) in [5.74, 6) is 3.06. The Morgan fingerprint density at radius 1 is 1.00 bits per heavy atom. The summed E-state index contributed by atoms with van der Waals surface area (Å²) in [6.45, 7) is 12.5. The monoisotopic (exact) mass is 615 g/mol. The first kappa shape index (κ1) is 29.9. The molecule has 6 aliphatic carbocycles. The van der Waals surface area contributed by atoms with E-state index in [-0.39, 0.29) is 11.7 Å². The number of aliphatic hydroxyl groups excluding tert-OH is 1. The number of rotatable bonds is 9. The minimum atomic E-state index is -0.217. The lowest BCUT2D eigenvalue weighted by Gasteiger charge is -2.61. The van der Waals surface area contributed by atoms with Crippen LogP contribution in [0.1, 0.15) is 97.0 Å². The summed E-state index contributed by atoms with van der Waals surface area (Å²) in [6.07, 6.45) is 16.7. The van der Waals surface area contributed by atoms with E-state index in [2.05, 4.69) is 56.0 Å². The van der Waals surface area contributed by atoms with Gasteiger partial charge >= 0.3 is 0 Å². The second-order valence-electron chi connectivity index (χ2n) is 17.4. The zero-order chi connectivity index (χ0) is 30.7. The fourth-order valence-electron chi connectivity index (χ4n) is 14.3. The van der Waals surface area contributed by atoms with Gasteiger partial charge in [-0.25, -0.2) is 0 Å². The van der Waals surface area contributed by atoms with Gasteiger partial charge in [0.05, 0.1) is 44.2 Å². The van der Waals surface area contributed by atoms with E-state index in [1.54, 1.807) is 5.57 Å². The molecule has 1 aromatic rings. The summed E-state index contributed by atoms with van der Waals surface area (Å²) in [5, 5.41) is 10.5. The molecule has 5 saturated carbocycles. The average molecular weight is 616 g/mol. The quantitative estimate of drug-likeness (QED) is 0.236. The molecule has 5 nitrogen and oxygen atoms in total. The van der Waals surface area contributed by atoms with E-state index in [9.17, 15) is 5.11 Å². The van der Waals surface area contributed by atoms with Crippen LogP contribution < -0.4 is 0 Å². The lowest BCUT2D eigenvalue weighted by Crippen LogP contribution is -2.65. The summed E-state index contributed by atoms with van der Waals surface area (Å²) in [6, 6.07) is 11.0. The van der Waals surface area contributed by atoms with Gasteiger partial charge in [-0.05, 0) is 110 Å². The fourth-order valence-corrected chi connectivity index (χ4v) is 14.3. The third kappa shape index (κ3) is 3.91. The van der Waals surface area contributed by atoms with Gasteiger partial charge < -0.3 is 19.3 Å². The molecule has 2 aliphatic heterocycles. The van der Waals surface area contributed by atoms with Crippen molar-refractivity contribution >= 4 is 0 Å². The number of allylic oxidation sites excluding steroid dienone is 1. The minimum absolute atomic E-state index is 0.137. The number of hydrogen-bond acceptors (Lipinski definition) is 5. The SMILES string of the molecule is CCC12CCC3=C[C@@H](O)CC[C@]3(C)[C@H]1CC13CC14C[C@@H]1[C@H]5[C@@H](C[C@H](C)CN5CCOCCOCc5ccccc5)O[C@]14CC[C@@H]23. The van der Waals surface area contributed by atoms with Crippen molar-refractivity contribution in [2.24, 2.45) is 45.3 Å². The van der Waals surface area contributed by atoms with Gasteiger partial charge in [0.15, 0.2) is 0 Å². The van der Waals surface area contributed by atoms with Crippen LogP contribution in [0, 0.1) is 45.3 Å². The second-order valence-corrected chi connectivity index (χ2v) is 17.4. The number of benzene rings is 1. The van der Waals surface area contributed by atoms with Crippen molar-refractivity contribution in [3.8, 4) is 0 Å². The van der Waals surface area contributed by atoms with Gasteiger partial charge in [0.1, 0.15) is 0 Å². The maximum atomic E-state index is 10.5. The molecule has 5 heteroatoms. The zero-order valence-electron chi connectivity index (χ0n) is 28.1. The van der Waals surface area contributed by atoms with Crippen LogP contribution >= 0.6 is 0 Å². The molecule has 45 heavy (non-hydrogen) atoms. The Morgan fingerprint density at radius 2 is 1.84 bits per heavy atom. The van der Waals surface area contributed by atoms with E-state index in [0.717, 1.165) is 31.4 Å². The van der Waals surface area contributed by atoms with Crippen molar-refractivity contribution in [1.29, 1.82) is 0 Å². The van der Waals surface area contributed by atoms with Gasteiger partial charge in [0.2, 0.25) is 0 Å². The van der Waals surface area contributed by atoms with Crippen LogP contribution in [0.4, 0.5) is 0 Å². The van der Waals surface area contributed by atoms with Crippen LogP contribution in [-0.4, -0.2) is 66.8 Å². The molecular formula is C40H57NO4. The van der Waals surface area contributed by atoms with Crippen LogP contribution in [0.5, 0.6) is 0 Å². The highest BCUT2D eigenvalue weighted by atomic mass is 16.5. The molecule has 0 bridgehead atoms. The number of fused-ring (bicyclic) bond motifs is 6. The summed E-state index contributed by atoms with van der Waals surface area (Å²) < 4.78 is 19.5. The molecule has 7 fully saturated rings. The highest BCUT2D eigenvalue weighted by molar-refractivity contribution is 5.43. The highest BCUT2D eigenvalue weighted by Crippen LogP contribution is 2.95. The van der Waals surface area contributed by atoms with Crippen LogP contribution in [0.25, 0.3) is 0 Å². The molecule has 8 aliphatic rings. The van der Waals surface area contributed by atoms with E-state index in [4.69, 9.17) is 14.2 Å². The molecule has 0 radical (unpaired) electrons. The van der Waals surface area contributed by atoms with Gasteiger partial charge in [-0.1, -0.05) is 62.8 Å². The number of hydrogen-bond donors (Lipinski definition) is 1. The third-order valence-corrected chi connectivity index (χ3v) is 16.0. The number of aliphatic hydroxyl groups is 1. The fraction of sp³-hybridized carbons (Fsp3) is 0.800. The first-order valence-corrected chi connectivity index (χ1v) is 18.8. The maximum absolute atomic E-state index is 10.5. The normalized spacial score (nSPS) is 50.6. The Kier molecular flexibility index (Phi) is 6.89. The lowest BCUT2D eigenvalue weighted by atomic mass is 9.45. The maximum Gasteiger partial charge on any atom is 0.0793 e. The Balaban J connectivity index is 0.888. The molecule has 2 heterocycles. The summed E-state index contributed by atoms with van der Waals surface area (Å²) in [7, 11) is 0. The molecule has 2 saturated heterocycles. The van der Waals surface area contributed by atoms with E-state index >= 15 is 0 Å². The average Bonchev–Trinajstić information content (AvgIpc) is 3.55. The van der Waals surface area contributed by atoms with Crippen LogP contribution in [0.3, 0.4) is 0 Å². The smallest absolute Gasteiger partial charge is 0.0793 e. The van der Waals surface area contributed by atoms with E-state index in [0.29, 0.717) is 65.5 Å². The van der Waals surface area contributed by atoms with Crippen molar-refractivity contribution in [1.82, 2.24) is 4.90 Å². The van der Waals surface area contributed by atoms with Gasteiger partial charge in [0, 0.05) is 30.5 Å². The predicted octanol–water partition coefficient (Wildman–Crippen LogP) is 7.17. The van der Waals surface area contributed by atoms with E-state index < -0.39 is 0 Å². The van der Waals surface area contributed by atoms with Crippen molar-refractivity contribution in [2.75, 3.05) is 32.9 Å². The molecule has 3 unspecified atom stereocenters. The minimum Gasteiger partial charge on any atom is -0.389 e. The summed E-state index contributed by atoms with van der Waals surface area (Å²) in [4.78, 5) is 2.80. The highest BCUT2D eigenvalue weighted by Gasteiger charge is 2.93. The van der Waals surface area contributed by atoms with Crippen molar-refractivity contribution in [3.63, 3.8) is 0 Å². The molecule has 3 spiro atoms. The molecule has 12 atom stereocenters. The van der Waals surface area contributed by atoms with E-state index in [1.165, 1.54) is 76.3 Å². The summed E-state index contributed by atoms with van der Waals surface area (Å²) >= 11 is 0. The first-order valence-electron chi connectivity index (χ1n) is 18.8. The van der Waals surface area contributed by atoms with Crippen molar-refractivity contribution in [3.05, 3.63) is 47.5 Å². The zero-order valence-corrected chi connectivity index (χ0v) is 28.1. The Bertz CT molecular complexity index is 1330. The molecule has 1 aromatic carbocycles. The third-order valence-electron chi connectivity index (χ3n) is 16.0. The van der Waals surface area contributed by atoms with Crippen LogP contribution in [-0.2, 0) is 20.8 Å². The number of nitrogens with zero attached hydrogens (tertiary/aromatic N) is 1. The van der Waals surface area contributed by atoms with Gasteiger partial charge in [0.25, 0.3) is 0 Å². The van der Waals surface area contributed by atoms with Gasteiger partial charge in [-0.15, -0.1) is 0 Å². The Morgan fingerprint density at radius 3 is 2.69 bits per heavy atom. The molecule has 246 valence electrons. The molecule has 0 amide bonds. The standard InChI is InChI=1S/C40H57NO4/c1-4-37-14-10-29-21-30(42)11-13-36(29,3)34(37)23-38-26-39(38)22-31-35-32(45-40(31,39)15-12-33(37)38)20-27(2)24-41(35)16-17-43-18-19-44-25-28-8-6-5-7-9-28/h5-9,21,27,30-35,42H,4,10-20,22-26H2,1-3H3/t27-,30-,31+,32+,33-,34+,35-,36-,37?,38?,39?,40+/m0/s1. The number of ether oxygens (including phenoxy) is 3.